The molecule has 2 saturated heterocycles. The molecule has 24 heavy (non-hydrogen) atoms. The zero-order chi connectivity index (χ0) is 16.7. The van der Waals surface area contributed by atoms with Gasteiger partial charge in [0.25, 0.3) is 5.91 Å². The Kier molecular flexibility index (Phi) is 4.03. The molecule has 0 bridgehead atoms. The van der Waals surface area contributed by atoms with Crippen LogP contribution < -0.4 is 0 Å². The van der Waals surface area contributed by atoms with E-state index >= 15 is 0 Å². The van der Waals surface area contributed by atoms with Gasteiger partial charge in [-0.05, 0) is 56.2 Å². The molecule has 1 spiro atoms. The molecular weight excluding hydrogens is 324 g/mol. The van der Waals surface area contributed by atoms with Crippen LogP contribution in [-0.2, 0) is 4.79 Å². The lowest BCUT2D eigenvalue weighted by atomic mass is 9.78. The van der Waals surface area contributed by atoms with E-state index in [9.17, 15) is 9.59 Å². The molecule has 4 nitrogen and oxygen atoms in total. The Hall–Kier alpha value is -1.55. The molecule has 1 atom stereocenters. The zero-order valence-corrected chi connectivity index (χ0v) is 14.6. The van der Waals surface area contributed by atoms with Crippen LogP contribution in [0.3, 0.4) is 0 Å². The summed E-state index contributed by atoms with van der Waals surface area (Å²) in [7, 11) is 0. The Morgan fingerprint density at radius 3 is 2.83 bits per heavy atom. The van der Waals surface area contributed by atoms with Gasteiger partial charge in [-0.1, -0.05) is 17.7 Å². The molecular formula is C19H23ClN2O2. The first kappa shape index (κ1) is 15.9. The predicted octanol–water partition coefficient (Wildman–Crippen LogP) is 3.20. The summed E-state index contributed by atoms with van der Waals surface area (Å²) in [4.78, 5) is 29.7. The minimum atomic E-state index is -0.346. The summed E-state index contributed by atoms with van der Waals surface area (Å²) in [6, 6.07) is 7.06. The van der Waals surface area contributed by atoms with Gasteiger partial charge in [0.1, 0.15) is 0 Å². The van der Waals surface area contributed by atoms with E-state index in [0.717, 1.165) is 38.3 Å². The van der Waals surface area contributed by atoms with Gasteiger partial charge in [0.2, 0.25) is 5.91 Å². The average Bonchev–Trinajstić information content (AvgIpc) is 3.29. The number of hydrogen-bond donors (Lipinski definition) is 0. The molecule has 0 unspecified atom stereocenters. The first-order chi connectivity index (χ1) is 11.6. The Morgan fingerprint density at radius 1 is 1.25 bits per heavy atom. The number of likely N-dealkylation sites (tertiary alicyclic amines) is 2. The van der Waals surface area contributed by atoms with E-state index in [1.165, 1.54) is 12.8 Å². The second-order valence-electron chi connectivity index (χ2n) is 7.57. The molecule has 2 aliphatic heterocycles. The van der Waals surface area contributed by atoms with Crippen LogP contribution in [0.4, 0.5) is 0 Å². The van der Waals surface area contributed by atoms with Crippen molar-refractivity contribution in [1.29, 1.82) is 0 Å². The Balaban J connectivity index is 1.48. The number of carbonyl (C=O) groups excluding carboxylic acids is 2. The number of halogens is 1. The molecule has 2 amide bonds. The van der Waals surface area contributed by atoms with Crippen molar-refractivity contribution in [2.75, 3.05) is 26.2 Å². The molecule has 1 aromatic rings. The summed E-state index contributed by atoms with van der Waals surface area (Å²) in [6.07, 6.45) is 5.27. The summed E-state index contributed by atoms with van der Waals surface area (Å²) in [5.74, 6) is 0.984. The van der Waals surface area contributed by atoms with E-state index in [1.54, 1.807) is 24.3 Å². The van der Waals surface area contributed by atoms with Gasteiger partial charge < -0.3 is 9.80 Å². The molecule has 1 aromatic carbocycles. The van der Waals surface area contributed by atoms with Gasteiger partial charge in [0.15, 0.2) is 0 Å². The van der Waals surface area contributed by atoms with E-state index in [0.29, 0.717) is 23.7 Å². The summed E-state index contributed by atoms with van der Waals surface area (Å²) >= 11 is 6.00. The minimum Gasteiger partial charge on any atom is -0.342 e. The highest BCUT2D eigenvalue weighted by atomic mass is 35.5. The van der Waals surface area contributed by atoms with Crippen LogP contribution in [0.1, 0.15) is 42.5 Å². The molecule has 3 fully saturated rings. The van der Waals surface area contributed by atoms with Crippen molar-refractivity contribution in [3.05, 3.63) is 34.9 Å². The van der Waals surface area contributed by atoms with Gasteiger partial charge in [-0.2, -0.15) is 0 Å². The molecule has 1 aliphatic carbocycles. The summed E-state index contributed by atoms with van der Waals surface area (Å²) < 4.78 is 0. The number of benzene rings is 1. The quantitative estimate of drug-likeness (QED) is 0.843. The molecule has 0 radical (unpaired) electrons. The third kappa shape index (κ3) is 2.92. The number of amides is 2. The molecule has 2 heterocycles. The van der Waals surface area contributed by atoms with Crippen molar-refractivity contribution in [2.45, 2.75) is 32.1 Å². The van der Waals surface area contributed by atoms with Crippen molar-refractivity contribution in [2.24, 2.45) is 11.3 Å². The van der Waals surface area contributed by atoms with Crippen LogP contribution in [0.15, 0.2) is 24.3 Å². The van der Waals surface area contributed by atoms with Crippen molar-refractivity contribution < 1.29 is 9.59 Å². The lowest BCUT2D eigenvalue weighted by Crippen LogP contribution is -2.50. The molecule has 128 valence electrons. The normalized spacial score (nSPS) is 27.1. The molecule has 4 rings (SSSR count). The third-order valence-corrected chi connectivity index (χ3v) is 5.95. The van der Waals surface area contributed by atoms with Gasteiger partial charge in [-0.3, -0.25) is 9.59 Å². The maximum atomic E-state index is 13.0. The fraction of sp³-hybridized carbons (Fsp3) is 0.579. The number of carbonyl (C=O) groups is 2. The van der Waals surface area contributed by atoms with Crippen LogP contribution in [0.25, 0.3) is 0 Å². The van der Waals surface area contributed by atoms with Crippen molar-refractivity contribution in [1.82, 2.24) is 9.80 Å². The van der Waals surface area contributed by atoms with Gasteiger partial charge in [-0.25, -0.2) is 0 Å². The fourth-order valence-electron chi connectivity index (χ4n) is 4.17. The Labute approximate surface area is 147 Å². The van der Waals surface area contributed by atoms with Gasteiger partial charge >= 0.3 is 0 Å². The standard InChI is InChI=1S/C19H23ClN2O2/c20-16-4-1-3-15(11-16)17(23)22-10-8-19(13-22)7-2-9-21(18(19)24)12-14-5-6-14/h1,3-4,11,14H,2,5-10,12-13H2/t19-/m1/s1. The predicted molar refractivity (Wildman–Crippen MR) is 92.9 cm³/mol. The highest BCUT2D eigenvalue weighted by Crippen LogP contribution is 2.42. The van der Waals surface area contributed by atoms with Gasteiger partial charge in [-0.15, -0.1) is 0 Å². The van der Waals surface area contributed by atoms with E-state index in [4.69, 9.17) is 11.6 Å². The number of rotatable bonds is 3. The summed E-state index contributed by atoms with van der Waals surface area (Å²) in [6.45, 7) is 3.02. The second-order valence-corrected chi connectivity index (χ2v) is 8.00. The summed E-state index contributed by atoms with van der Waals surface area (Å²) in [5, 5.41) is 0.569. The Bertz CT molecular complexity index is 673. The van der Waals surface area contributed by atoms with E-state index < -0.39 is 0 Å². The fourth-order valence-corrected chi connectivity index (χ4v) is 4.36. The molecule has 1 saturated carbocycles. The van der Waals surface area contributed by atoms with Crippen molar-refractivity contribution in [3.8, 4) is 0 Å². The first-order valence-electron chi connectivity index (χ1n) is 8.92. The van der Waals surface area contributed by atoms with Crippen LogP contribution in [0, 0.1) is 11.3 Å². The van der Waals surface area contributed by atoms with Crippen LogP contribution in [0.5, 0.6) is 0 Å². The van der Waals surface area contributed by atoms with Crippen LogP contribution in [0.2, 0.25) is 5.02 Å². The highest BCUT2D eigenvalue weighted by molar-refractivity contribution is 6.30. The smallest absolute Gasteiger partial charge is 0.253 e. The maximum Gasteiger partial charge on any atom is 0.253 e. The van der Waals surface area contributed by atoms with E-state index in [1.807, 2.05) is 4.90 Å². The monoisotopic (exact) mass is 346 g/mol. The second kappa shape index (κ2) is 6.07. The van der Waals surface area contributed by atoms with Crippen LogP contribution in [-0.4, -0.2) is 47.8 Å². The highest BCUT2D eigenvalue weighted by Gasteiger charge is 2.49. The molecule has 0 N–H and O–H groups in total. The zero-order valence-electron chi connectivity index (χ0n) is 13.8. The maximum absolute atomic E-state index is 13.0. The third-order valence-electron chi connectivity index (χ3n) is 5.71. The first-order valence-corrected chi connectivity index (χ1v) is 9.29. The van der Waals surface area contributed by atoms with Gasteiger partial charge in [0, 0.05) is 36.8 Å². The van der Waals surface area contributed by atoms with E-state index in [2.05, 4.69) is 4.90 Å². The van der Waals surface area contributed by atoms with Crippen molar-refractivity contribution >= 4 is 23.4 Å². The van der Waals surface area contributed by atoms with E-state index in [-0.39, 0.29) is 17.2 Å². The lowest BCUT2D eigenvalue weighted by Gasteiger charge is -2.39. The average molecular weight is 347 g/mol. The summed E-state index contributed by atoms with van der Waals surface area (Å²) in [5.41, 5.74) is 0.263. The molecule has 5 heteroatoms. The largest absolute Gasteiger partial charge is 0.342 e. The Morgan fingerprint density at radius 2 is 2.08 bits per heavy atom. The SMILES string of the molecule is O=C(c1cccc(Cl)c1)N1CC[C@]2(CCCN(CC3CC3)C2=O)C1. The van der Waals surface area contributed by atoms with Gasteiger partial charge in [0.05, 0.1) is 5.41 Å². The lowest BCUT2D eigenvalue weighted by molar-refractivity contribution is -0.145. The van der Waals surface area contributed by atoms with Crippen LogP contribution >= 0.6 is 11.6 Å². The van der Waals surface area contributed by atoms with Crippen molar-refractivity contribution in [3.63, 3.8) is 0 Å². The number of piperidine rings is 1. The number of hydrogen-bond acceptors (Lipinski definition) is 2. The minimum absolute atomic E-state index is 0.0125. The molecule has 0 aromatic heterocycles. The topological polar surface area (TPSA) is 40.6 Å². The molecule has 3 aliphatic rings. The number of nitrogens with zero attached hydrogens (tertiary/aromatic N) is 2.